The molecular formula is C21H29F3N2O5. The minimum atomic E-state index is -4.75. The molecule has 174 valence electrons. The molecule has 0 spiro atoms. The number of piperidine rings is 1. The molecule has 31 heavy (non-hydrogen) atoms. The summed E-state index contributed by atoms with van der Waals surface area (Å²) in [6.45, 7) is 7.86. The van der Waals surface area contributed by atoms with Crippen LogP contribution in [0.15, 0.2) is 24.3 Å². The van der Waals surface area contributed by atoms with Gasteiger partial charge < -0.3 is 19.5 Å². The summed E-state index contributed by atoms with van der Waals surface area (Å²) in [7, 11) is 0. The van der Waals surface area contributed by atoms with Crippen LogP contribution in [0.2, 0.25) is 0 Å². The first-order chi connectivity index (χ1) is 14.3. The van der Waals surface area contributed by atoms with Crippen LogP contribution in [0.1, 0.15) is 47.0 Å². The predicted molar refractivity (Wildman–Crippen MR) is 107 cm³/mol. The first kappa shape index (κ1) is 24.6. The normalized spacial score (nSPS) is 16.5. The molecule has 0 bridgehead atoms. The van der Waals surface area contributed by atoms with Crippen LogP contribution >= 0.6 is 0 Å². The van der Waals surface area contributed by atoms with Gasteiger partial charge in [0.15, 0.2) is 0 Å². The molecule has 0 radical (unpaired) electrons. The van der Waals surface area contributed by atoms with Crippen molar-refractivity contribution in [3.05, 3.63) is 24.3 Å². The number of likely N-dealkylation sites (tertiary alicyclic amines) is 1. The number of halogens is 3. The van der Waals surface area contributed by atoms with Crippen molar-refractivity contribution >= 4 is 12.0 Å². The van der Waals surface area contributed by atoms with Crippen molar-refractivity contribution in [2.24, 2.45) is 0 Å². The minimum Gasteiger partial charge on any atom is -0.490 e. The maximum Gasteiger partial charge on any atom is 0.573 e. The lowest BCUT2D eigenvalue weighted by atomic mass is 10.00. The zero-order valence-corrected chi connectivity index (χ0v) is 18.1. The molecule has 0 aromatic heterocycles. The predicted octanol–water partition coefficient (Wildman–Crippen LogP) is 4.51. The van der Waals surface area contributed by atoms with Gasteiger partial charge in [-0.25, -0.2) is 4.79 Å². The molecule has 7 nitrogen and oxygen atoms in total. The third-order valence-electron chi connectivity index (χ3n) is 5.03. The largest absolute Gasteiger partial charge is 0.573 e. The molecule has 1 aromatic carbocycles. The molecule has 0 unspecified atom stereocenters. The Balaban J connectivity index is 1.94. The second kappa shape index (κ2) is 9.65. The fourth-order valence-corrected chi connectivity index (χ4v) is 3.67. The Morgan fingerprint density at radius 1 is 1.13 bits per heavy atom. The lowest BCUT2D eigenvalue weighted by Crippen LogP contribution is -2.58. The van der Waals surface area contributed by atoms with Crippen LogP contribution in [-0.2, 0) is 4.79 Å². The average molecular weight is 446 g/mol. The maximum atomic E-state index is 13.0. The highest BCUT2D eigenvalue weighted by molar-refractivity contribution is 5.85. The van der Waals surface area contributed by atoms with Crippen LogP contribution in [0.3, 0.4) is 0 Å². The van der Waals surface area contributed by atoms with Gasteiger partial charge in [-0.3, -0.25) is 9.69 Å². The van der Waals surface area contributed by atoms with Crippen molar-refractivity contribution < 1.29 is 37.3 Å². The summed E-state index contributed by atoms with van der Waals surface area (Å²) in [5.74, 6) is -0.143. The summed E-state index contributed by atoms with van der Waals surface area (Å²) in [5.41, 5.74) is -0.717. The second-order valence-electron chi connectivity index (χ2n) is 8.41. The Kier molecular flexibility index (Phi) is 7.67. The molecule has 2 amide bonds. The van der Waals surface area contributed by atoms with E-state index in [2.05, 4.69) is 4.74 Å². The number of carbonyl (C=O) groups excluding carboxylic acids is 1. The maximum absolute atomic E-state index is 13.0. The average Bonchev–Trinajstić information content (AvgIpc) is 2.65. The van der Waals surface area contributed by atoms with Crippen LogP contribution in [0.25, 0.3) is 0 Å². The van der Waals surface area contributed by atoms with E-state index in [0.717, 1.165) is 0 Å². The summed E-state index contributed by atoms with van der Waals surface area (Å²) in [6.07, 6.45) is -4.65. The molecule has 10 heteroatoms. The van der Waals surface area contributed by atoms with Gasteiger partial charge in [-0.1, -0.05) is 6.92 Å². The fourth-order valence-electron chi connectivity index (χ4n) is 3.67. The highest BCUT2D eigenvalue weighted by Gasteiger charge is 2.39. The summed E-state index contributed by atoms with van der Waals surface area (Å²) in [5, 5.41) is 9.61. The Labute approximate surface area is 179 Å². The second-order valence-corrected chi connectivity index (χ2v) is 8.41. The molecular weight excluding hydrogens is 417 g/mol. The van der Waals surface area contributed by atoms with Crippen molar-refractivity contribution in [1.29, 1.82) is 0 Å². The number of benzene rings is 1. The molecule has 0 aliphatic carbocycles. The monoisotopic (exact) mass is 446 g/mol. The molecule has 1 aromatic rings. The van der Waals surface area contributed by atoms with Gasteiger partial charge in [-0.2, -0.15) is 0 Å². The number of nitrogens with zero attached hydrogens (tertiary/aromatic N) is 2. The van der Waals surface area contributed by atoms with Crippen LogP contribution in [-0.4, -0.2) is 64.0 Å². The summed E-state index contributed by atoms with van der Waals surface area (Å²) in [4.78, 5) is 27.6. The zero-order valence-electron chi connectivity index (χ0n) is 18.1. The van der Waals surface area contributed by atoms with E-state index in [-0.39, 0.29) is 17.8 Å². The van der Waals surface area contributed by atoms with Gasteiger partial charge in [0.1, 0.15) is 23.6 Å². The van der Waals surface area contributed by atoms with Crippen LogP contribution in [0.5, 0.6) is 11.5 Å². The smallest absolute Gasteiger partial charge is 0.490 e. The molecule has 2 rings (SSSR count). The van der Waals surface area contributed by atoms with Crippen molar-refractivity contribution in [2.75, 3.05) is 13.1 Å². The standard InChI is InChI=1S/C21H29F3N2O5/c1-5-17(26(19(28)29)20(2,3)4)18(27)25-12-10-15(11-13-25)30-14-6-8-16(9-7-14)31-21(22,23)24/h6-9,15,17H,5,10-13H2,1-4H3,(H,28,29)/t17-/m0/s1. The fraction of sp³-hybridized carbons (Fsp3) is 0.619. The summed E-state index contributed by atoms with van der Waals surface area (Å²) < 4.78 is 46.4. The number of carboxylic acid groups (broad SMARTS) is 1. The van der Waals surface area contributed by atoms with Crippen molar-refractivity contribution in [1.82, 2.24) is 9.80 Å². The number of carbonyl (C=O) groups is 2. The quantitative estimate of drug-likeness (QED) is 0.696. The highest BCUT2D eigenvalue weighted by Crippen LogP contribution is 2.27. The van der Waals surface area contributed by atoms with E-state index in [4.69, 9.17) is 4.74 Å². The molecule has 1 N–H and O–H groups in total. The van der Waals surface area contributed by atoms with Crippen LogP contribution < -0.4 is 9.47 Å². The van der Waals surface area contributed by atoms with Crippen molar-refractivity contribution in [3.8, 4) is 11.5 Å². The SMILES string of the molecule is CC[C@@H](C(=O)N1CCC(Oc2ccc(OC(F)(F)F)cc2)CC1)N(C(=O)O)C(C)(C)C. The lowest BCUT2D eigenvalue weighted by molar-refractivity contribution is -0.274. The van der Waals surface area contributed by atoms with E-state index in [1.54, 1.807) is 32.6 Å². The number of ether oxygens (including phenoxy) is 2. The van der Waals surface area contributed by atoms with E-state index < -0.39 is 24.0 Å². The molecule has 1 heterocycles. The molecule has 1 aliphatic rings. The third kappa shape index (κ3) is 6.93. The number of rotatable bonds is 6. The van der Waals surface area contributed by atoms with Gasteiger partial charge in [0.05, 0.1) is 0 Å². The van der Waals surface area contributed by atoms with E-state index in [0.29, 0.717) is 38.1 Å². The van der Waals surface area contributed by atoms with Gasteiger partial charge in [-0.15, -0.1) is 13.2 Å². The molecule has 1 fully saturated rings. The Morgan fingerprint density at radius 2 is 1.65 bits per heavy atom. The van der Waals surface area contributed by atoms with Gasteiger partial charge >= 0.3 is 12.5 Å². The highest BCUT2D eigenvalue weighted by atomic mass is 19.4. The van der Waals surface area contributed by atoms with E-state index in [1.807, 2.05) is 0 Å². The first-order valence-corrected chi connectivity index (χ1v) is 10.2. The van der Waals surface area contributed by atoms with Gasteiger partial charge in [0, 0.05) is 31.5 Å². The molecule has 0 saturated carbocycles. The third-order valence-corrected chi connectivity index (χ3v) is 5.03. The van der Waals surface area contributed by atoms with Crippen LogP contribution in [0, 0.1) is 0 Å². The number of amides is 2. The zero-order chi connectivity index (χ0) is 23.4. The Bertz CT molecular complexity index is 754. The van der Waals surface area contributed by atoms with Crippen LogP contribution in [0.4, 0.5) is 18.0 Å². The van der Waals surface area contributed by atoms with Gasteiger partial charge in [0.25, 0.3) is 0 Å². The number of hydrogen-bond donors (Lipinski definition) is 1. The Hall–Kier alpha value is -2.65. The number of hydrogen-bond acceptors (Lipinski definition) is 4. The minimum absolute atomic E-state index is 0.197. The summed E-state index contributed by atoms with van der Waals surface area (Å²) >= 11 is 0. The van der Waals surface area contributed by atoms with Gasteiger partial charge in [-0.05, 0) is 51.5 Å². The number of alkyl halides is 3. The summed E-state index contributed by atoms with van der Waals surface area (Å²) in [6, 6.07) is 4.40. The molecule has 1 saturated heterocycles. The van der Waals surface area contributed by atoms with E-state index in [9.17, 15) is 27.9 Å². The van der Waals surface area contributed by atoms with E-state index in [1.165, 1.54) is 29.2 Å². The molecule has 1 aliphatic heterocycles. The molecule has 1 atom stereocenters. The Morgan fingerprint density at radius 3 is 2.06 bits per heavy atom. The van der Waals surface area contributed by atoms with Crippen molar-refractivity contribution in [3.63, 3.8) is 0 Å². The first-order valence-electron chi connectivity index (χ1n) is 10.2. The van der Waals surface area contributed by atoms with Gasteiger partial charge in [0.2, 0.25) is 5.91 Å². The topological polar surface area (TPSA) is 79.3 Å². The van der Waals surface area contributed by atoms with Crippen molar-refractivity contribution in [2.45, 2.75) is 71.0 Å². The van der Waals surface area contributed by atoms with E-state index >= 15 is 0 Å². The lowest BCUT2D eigenvalue weighted by Gasteiger charge is -2.41.